The van der Waals surface area contributed by atoms with Crippen molar-refractivity contribution in [1.82, 2.24) is 0 Å². The first-order chi connectivity index (χ1) is 11.5. The highest BCUT2D eigenvalue weighted by molar-refractivity contribution is 7.90. The molecular formula is C19H22F2O2S. The Morgan fingerprint density at radius 1 is 0.875 bits per heavy atom. The third kappa shape index (κ3) is 3.18. The quantitative estimate of drug-likeness (QED) is 0.755. The molecule has 0 radical (unpaired) electrons. The van der Waals surface area contributed by atoms with E-state index in [2.05, 4.69) is 0 Å². The Hall–Kier alpha value is -1.49. The van der Waals surface area contributed by atoms with Crippen molar-refractivity contribution >= 4 is 21.0 Å². The molecule has 24 heavy (non-hydrogen) atoms. The SMILES string of the molecule is CS(=O)(=O)c1ccc(C2=C(CF)CCC2)c(C2=C(CF)CCC2)c1. The molecule has 0 atom stereocenters. The molecule has 0 aromatic heterocycles. The van der Waals surface area contributed by atoms with Gasteiger partial charge in [0.05, 0.1) is 4.90 Å². The number of rotatable bonds is 5. The molecule has 130 valence electrons. The molecule has 0 unspecified atom stereocenters. The summed E-state index contributed by atoms with van der Waals surface area (Å²) < 4.78 is 50.6. The summed E-state index contributed by atoms with van der Waals surface area (Å²) in [5.41, 5.74) is 5.10. The van der Waals surface area contributed by atoms with Crippen LogP contribution in [0.25, 0.3) is 11.1 Å². The zero-order valence-corrected chi connectivity index (χ0v) is 14.7. The van der Waals surface area contributed by atoms with Gasteiger partial charge in [0.2, 0.25) is 0 Å². The van der Waals surface area contributed by atoms with E-state index in [-0.39, 0.29) is 4.90 Å². The van der Waals surface area contributed by atoms with Crippen molar-refractivity contribution in [2.24, 2.45) is 0 Å². The molecule has 0 saturated carbocycles. The Labute approximate surface area is 142 Å². The molecule has 2 nitrogen and oxygen atoms in total. The van der Waals surface area contributed by atoms with Gasteiger partial charge in [0.15, 0.2) is 9.84 Å². The standard InChI is InChI=1S/C19H22F2O2S/c1-24(22,23)15-8-9-18(16-6-2-4-13(16)11-20)19(10-15)17-7-3-5-14(17)12-21/h8-10H,2-7,11-12H2,1H3. The topological polar surface area (TPSA) is 34.1 Å². The van der Waals surface area contributed by atoms with Crippen LogP contribution >= 0.6 is 0 Å². The van der Waals surface area contributed by atoms with Gasteiger partial charge in [0.1, 0.15) is 13.3 Å². The molecule has 0 bridgehead atoms. The van der Waals surface area contributed by atoms with Gasteiger partial charge in [0, 0.05) is 6.26 Å². The lowest BCUT2D eigenvalue weighted by atomic mass is 9.91. The van der Waals surface area contributed by atoms with E-state index in [1.165, 1.54) is 6.26 Å². The monoisotopic (exact) mass is 352 g/mol. The van der Waals surface area contributed by atoms with E-state index in [9.17, 15) is 17.2 Å². The van der Waals surface area contributed by atoms with E-state index in [1.54, 1.807) is 18.2 Å². The predicted molar refractivity (Wildman–Crippen MR) is 93.0 cm³/mol. The molecule has 1 aromatic carbocycles. The van der Waals surface area contributed by atoms with Crippen LogP contribution in [0.3, 0.4) is 0 Å². The summed E-state index contributed by atoms with van der Waals surface area (Å²) in [6, 6.07) is 5.02. The Kier molecular flexibility index (Phi) is 4.90. The minimum atomic E-state index is -3.34. The van der Waals surface area contributed by atoms with Gasteiger partial charge in [-0.1, -0.05) is 6.07 Å². The smallest absolute Gasteiger partial charge is 0.175 e. The molecule has 0 heterocycles. The van der Waals surface area contributed by atoms with Crippen molar-refractivity contribution in [1.29, 1.82) is 0 Å². The van der Waals surface area contributed by atoms with Gasteiger partial charge in [-0.25, -0.2) is 17.2 Å². The summed E-state index contributed by atoms with van der Waals surface area (Å²) in [5.74, 6) is 0. The van der Waals surface area contributed by atoms with Crippen LogP contribution in [0.1, 0.15) is 49.7 Å². The zero-order chi connectivity index (χ0) is 17.3. The normalized spacial score (nSPS) is 18.8. The maximum atomic E-state index is 13.4. The summed E-state index contributed by atoms with van der Waals surface area (Å²) in [6.07, 6.45) is 5.97. The third-order valence-electron chi connectivity index (χ3n) is 5.06. The molecule has 2 aliphatic carbocycles. The number of hydrogen-bond acceptors (Lipinski definition) is 2. The highest BCUT2D eigenvalue weighted by Gasteiger charge is 2.24. The average molecular weight is 352 g/mol. The van der Waals surface area contributed by atoms with Gasteiger partial charge < -0.3 is 0 Å². The molecule has 0 amide bonds. The van der Waals surface area contributed by atoms with Crippen LogP contribution in [0.15, 0.2) is 34.2 Å². The van der Waals surface area contributed by atoms with E-state index in [1.807, 2.05) is 0 Å². The Morgan fingerprint density at radius 3 is 1.92 bits per heavy atom. The van der Waals surface area contributed by atoms with Crippen molar-refractivity contribution in [3.8, 4) is 0 Å². The minimum Gasteiger partial charge on any atom is -0.246 e. The number of allylic oxidation sites excluding steroid dienone is 4. The lowest BCUT2D eigenvalue weighted by Crippen LogP contribution is -2.02. The number of sulfone groups is 1. The van der Waals surface area contributed by atoms with Crippen molar-refractivity contribution in [2.45, 2.75) is 43.4 Å². The Morgan fingerprint density at radius 2 is 1.42 bits per heavy atom. The second-order valence-corrected chi connectivity index (χ2v) is 8.63. The molecule has 1 aromatic rings. The Balaban J connectivity index is 2.23. The van der Waals surface area contributed by atoms with Crippen LogP contribution < -0.4 is 0 Å². The molecular weight excluding hydrogens is 330 g/mol. The van der Waals surface area contributed by atoms with Crippen molar-refractivity contribution in [3.63, 3.8) is 0 Å². The van der Waals surface area contributed by atoms with Crippen molar-refractivity contribution in [3.05, 3.63) is 40.5 Å². The number of alkyl halides is 2. The van der Waals surface area contributed by atoms with Gasteiger partial charge in [0.25, 0.3) is 0 Å². The first kappa shape index (κ1) is 17.3. The number of halogens is 2. The summed E-state index contributed by atoms with van der Waals surface area (Å²) >= 11 is 0. The summed E-state index contributed by atoms with van der Waals surface area (Å²) in [5, 5.41) is 0. The second kappa shape index (κ2) is 6.79. The zero-order valence-electron chi connectivity index (χ0n) is 13.9. The highest BCUT2D eigenvalue weighted by Crippen LogP contribution is 2.42. The van der Waals surface area contributed by atoms with E-state index < -0.39 is 23.2 Å². The summed E-state index contributed by atoms with van der Waals surface area (Å²) in [6.45, 7) is -0.982. The molecule has 0 aliphatic heterocycles. The molecule has 3 rings (SSSR count). The Bertz CT molecular complexity index is 820. The largest absolute Gasteiger partial charge is 0.246 e. The molecule has 5 heteroatoms. The minimum absolute atomic E-state index is 0.235. The first-order valence-electron chi connectivity index (χ1n) is 8.34. The van der Waals surface area contributed by atoms with Crippen LogP contribution in [0.2, 0.25) is 0 Å². The summed E-state index contributed by atoms with van der Waals surface area (Å²) in [4.78, 5) is 0.235. The van der Waals surface area contributed by atoms with Gasteiger partial charge in [-0.15, -0.1) is 0 Å². The van der Waals surface area contributed by atoms with Gasteiger partial charge in [-0.3, -0.25) is 0 Å². The lowest BCUT2D eigenvalue weighted by molar-refractivity contribution is 0.535. The van der Waals surface area contributed by atoms with Crippen LogP contribution in [-0.2, 0) is 9.84 Å². The third-order valence-corrected chi connectivity index (χ3v) is 6.17. The molecule has 2 aliphatic rings. The maximum absolute atomic E-state index is 13.4. The van der Waals surface area contributed by atoms with Gasteiger partial charge in [-0.05, 0) is 84.1 Å². The van der Waals surface area contributed by atoms with E-state index in [0.29, 0.717) is 6.42 Å². The van der Waals surface area contributed by atoms with Crippen LogP contribution in [0, 0.1) is 0 Å². The summed E-state index contributed by atoms with van der Waals surface area (Å²) in [7, 11) is -3.34. The molecule has 0 saturated heterocycles. The van der Waals surface area contributed by atoms with E-state index in [4.69, 9.17) is 0 Å². The fraction of sp³-hybridized carbons (Fsp3) is 0.474. The predicted octanol–water partition coefficient (Wildman–Crippen LogP) is 4.90. The van der Waals surface area contributed by atoms with Gasteiger partial charge in [-0.2, -0.15) is 0 Å². The van der Waals surface area contributed by atoms with Crippen molar-refractivity contribution in [2.75, 3.05) is 19.6 Å². The molecule has 0 fully saturated rings. The van der Waals surface area contributed by atoms with E-state index >= 15 is 0 Å². The lowest BCUT2D eigenvalue weighted by Gasteiger charge is -2.16. The maximum Gasteiger partial charge on any atom is 0.175 e. The molecule has 0 N–H and O–H groups in total. The van der Waals surface area contributed by atoms with Gasteiger partial charge >= 0.3 is 0 Å². The number of hydrogen-bond donors (Lipinski definition) is 0. The second-order valence-electron chi connectivity index (χ2n) is 6.62. The average Bonchev–Trinajstić information content (AvgIpc) is 3.21. The van der Waals surface area contributed by atoms with Crippen molar-refractivity contribution < 1.29 is 17.2 Å². The fourth-order valence-electron chi connectivity index (χ4n) is 3.82. The number of benzene rings is 1. The van der Waals surface area contributed by atoms with Crippen LogP contribution in [0.4, 0.5) is 8.78 Å². The first-order valence-corrected chi connectivity index (χ1v) is 10.2. The van der Waals surface area contributed by atoms with Crippen LogP contribution in [0.5, 0.6) is 0 Å². The highest BCUT2D eigenvalue weighted by atomic mass is 32.2. The molecule has 0 spiro atoms. The van der Waals surface area contributed by atoms with Crippen LogP contribution in [-0.4, -0.2) is 28.0 Å². The van der Waals surface area contributed by atoms with E-state index in [0.717, 1.165) is 65.5 Å². The fourth-order valence-corrected chi connectivity index (χ4v) is 4.47.